The zero-order chi connectivity index (χ0) is 12.4. The third-order valence-electron chi connectivity index (χ3n) is 2.31. The number of nitrogens with zero attached hydrogens (tertiary/aromatic N) is 1. The average Bonchev–Trinajstić information content (AvgIpc) is 2.75. The molecule has 0 fully saturated rings. The fourth-order valence-corrected chi connectivity index (χ4v) is 1.46. The molecule has 17 heavy (non-hydrogen) atoms. The van der Waals surface area contributed by atoms with E-state index in [9.17, 15) is 9.90 Å². The molecule has 2 aromatic rings. The number of ether oxygens (including phenoxy) is 1. The normalized spacial score (nSPS) is 10.2. The average molecular weight is 233 g/mol. The number of imidazole rings is 1. The third-order valence-corrected chi connectivity index (χ3v) is 2.31. The number of carbonyl (C=O) groups is 1. The van der Waals surface area contributed by atoms with Crippen molar-refractivity contribution in [3.8, 4) is 17.0 Å². The Bertz CT molecular complexity index is 563. The van der Waals surface area contributed by atoms with Crippen LogP contribution in [0.1, 0.15) is 10.4 Å². The number of rotatable bonds is 2. The van der Waals surface area contributed by atoms with E-state index >= 15 is 0 Å². The Morgan fingerprint density at radius 1 is 1.53 bits per heavy atom. The maximum absolute atomic E-state index is 11.4. The van der Waals surface area contributed by atoms with Gasteiger partial charge in [-0.15, -0.1) is 0 Å². The van der Waals surface area contributed by atoms with Crippen LogP contribution in [0, 0.1) is 0 Å². The molecule has 6 heteroatoms. The highest BCUT2D eigenvalue weighted by Crippen LogP contribution is 2.25. The SMILES string of the molecule is COC(=O)c1cc(-c2cnc(N)[nH]2)ccc1O. The number of phenolic OH excluding ortho intramolecular Hbond substituents is 1. The summed E-state index contributed by atoms with van der Waals surface area (Å²) in [5, 5.41) is 9.54. The molecule has 0 atom stereocenters. The highest BCUT2D eigenvalue weighted by atomic mass is 16.5. The summed E-state index contributed by atoms with van der Waals surface area (Å²) in [7, 11) is 1.25. The highest BCUT2D eigenvalue weighted by molar-refractivity contribution is 5.93. The Morgan fingerprint density at radius 3 is 2.88 bits per heavy atom. The molecule has 0 aliphatic heterocycles. The lowest BCUT2D eigenvalue weighted by atomic mass is 10.1. The quantitative estimate of drug-likeness (QED) is 0.675. The van der Waals surface area contributed by atoms with Crippen molar-refractivity contribution in [1.82, 2.24) is 9.97 Å². The number of benzene rings is 1. The van der Waals surface area contributed by atoms with E-state index in [2.05, 4.69) is 14.7 Å². The van der Waals surface area contributed by atoms with E-state index < -0.39 is 5.97 Å². The number of hydrogen-bond acceptors (Lipinski definition) is 5. The Morgan fingerprint density at radius 2 is 2.29 bits per heavy atom. The Balaban J connectivity index is 2.47. The van der Waals surface area contributed by atoms with Gasteiger partial charge in [0.2, 0.25) is 0 Å². The topological polar surface area (TPSA) is 101 Å². The van der Waals surface area contributed by atoms with E-state index in [1.165, 1.54) is 19.2 Å². The van der Waals surface area contributed by atoms with Gasteiger partial charge in [-0.2, -0.15) is 0 Å². The Kier molecular flexibility index (Phi) is 2.70. The first-order valence-corrected chi connectivity index (χ1v) is 4.84. The van der Waals surface area contributed by atoms with Crippen molar-refractivity contribution >= 4 is 11.9 Å². The molecule has 0 aliphatic carbocycles. The van der Waals surface area contributed by atoms with Gasteiger partial charge in [0.25, 0.3) is 0 Å². The summed E-state index contributed by atoms with van der Waals surface area (Å²) in [5.41, 5.74) is 6.90. The summed E-state index contributed by atoms with van der Waals surface area (Å²) in [6.07, 6.45) is 1.54. The second-order valence-electron chi connectivity index (χ2n) is 3.41. The van der Waals surface area contributed by atoms with E-state index in [4.69, 9.17) is 5.73 Å². The molecule has 2 rings (SSSR count). The minimum Gasteiger partial charge on any atom is -0.507 e. The number of hydrogen-bond donors (Lipinski definition) is 3. The van der Waals surface area contributed by atoms with Gasteiger partial charge in [0.15, 0.2) is 5.95 Å². The monoisotopic (exact) mass is 233 g/mol. The standard InChI is InChI=1S/C11H11N3O3/c1-17-10(16)7-4-6(2-3-9(7)15)8-5-13-11(12)14-8/h2-5,15H,1H3,(H3,12,13,14). The molecule has 0 saturated carbocycles. The lowest BCUT2D eigenvalue weighted by Gasteiger charge is -2.04. The van der Waals surface area contributed by atoms with Crippen molar-refractivity contribution in [3.63, 3.8) is 0 Å². The van der Waals surface area contributed by atoms with Gasteiger partial charge in [0.05, 0.1) is 19.0 Å². The van der Waals surface area contributed by atoms with Crippen LogP contribution in [-0.2, 0) is 4.74 Å². The number of methoxy groups -OCH3 is 1. The fraction of sp³-hybridized carbons (Fsp3) is 0.0909. The van der Waals surface area contributed by atoms with Crippen LogP contribution in [0.3, 0.4) is 0 Å². The number of anilines is 1. The van der Waals surface area contributed by atoms with Gasteiger partial charge in [0.1, 0.15) is 11.3 Å². The van der Waals surface area contributed by atoms with Gasteiger partial charge in [0, 0.05) is 5.56 Å². The fourth-order valence-electron chi connectivity index (χ4n) is 1.46. The molecule has 0 spiro atoms. The summed E-state index contributed by atoms with van der Waals surface area (Å²) in [6.45, 7) is 0. The molecule has 0 amide bonds. The molecule has 0 aliphatic rings. The number of aromatic nitrogens is 2. The van der Waals surface area contributed by atoms with E-state index in [0.29, 0.717) is 11.3 Å². The van der Waals surface area contributed by atoms with Gasteiger partial charge >= 0.3 is 5.97 Å². The van der Waals surface area contributed by atoms with E-state index in [0.717, 1.165) is 0 Å². The predicted molar refractivity (Wildman–Crippen MR) is 61.4 cm³/mol. The predicted octanol–water partition coefficient (Wildman–Crippen LogP) is 1.15. The molecule has 0 unspecified atom stereocenters. The molecule has 6 nitrogen and oxygen atoms in total. The summed E-state index contributed by atoms with van der Waals surface area (Å²) in [6, 6.07) is 4.57. The minimum atomic E-state index is -0.600. The maximum Gasteiger partial charge on any atom is 0.341 e. The molecule has 0 radical (unpaired) electrons. The van der Waals surface area contributed by atoms with Gasteiger partial charge in [-0.25, -0.2) is 9.78 Å². The Labute approximate surface area is 97.1 Å². The molecule has 0 saturated heterocycles. The number of H-pyrrole nitrogens is 1. The number of nitrogens with two attached hydrogens (primary N) is 1. The van der Waals surface area contributed by atoms with Gasteiger partial charge in [-0.3, -0.25) is 0 Å². The lowest BCUT2D eigenvalue weighted by Crippen LogP contribution is -2.01. The molecular weight excluding hydrogens is 222 g/mol. The number of phenols is 1. The van der Waals surface area contributed by atoms with Crippen LogP contribution in [0.5, 0.6) is 5.75 Å². The largest absolute Gasteiger partial charge is 0.507 e. The summed E-state index contributed by atoms with van der Waals surface area (Å²) in [4.78, 5) is 18.1. The zero-order valence-corrected chi connectivity index (χ0v) is 9.10. The van der Waals surface area contributed by atoms with Crippen molar-refractivity contribution < 1.29 is 14.6 Å². The van der Waals surface area contributed by atoms with Crippen molar-refractivity contribution in [2.75, 3.05) is 12.8 Å². The van der Waals surface area contributed by atoms with Crippen LogP contribution in [0.25, 0.3) is 11.3 Å². The maximum atomic E-state index is 11.4. The Hall–Kier alpha value is -2.50. The first kappa shape index (κ1) is 11.0. The van der Waals surface area contributed by atoms with E-state index in [1.54, 1.807) is 12.3 Å². The summed E-state index contributed by atoms with van der Waals surface area (Å²) >= 11 is 0. The summed E-state index contributed by atoms with van der Waals surface area (Å²) < 4.78 is 4.56. The number of aromatic hydroxyl groups is 1. The van der Waals surface area contributed by atoms with Gasteiger partial charge in [-0.1, -0.05) is 0 Å². The van der Waals surface area contributed by atoms with Crippen LogP contribution >= 0.6 is 0 Å². The number of carbonyl (C=O) groups excluding carboxylic acids is 1. The number of aromatic amines is 1. The first-order valence-electron chi connectivity index (χ1n) is 4.84. The first-order chi connectivity index (χ1) is 8.11. The molecule has 1 aromatic carbocycles. The molecule has 4 N–H and O–H groups in total. The van der Waals surface area contributed by atoms with Crippen LogP contribution in [0.4, 0.5) is 5.95 Å². The van der Waals surface area contributed by atoms with E-state index in [1.807, 2.05) is 0 Å². The van der Waals surface area contributed by atoms with Crippen molar-refractivity contribution in [2.45, 2.75) is 0 Å². The minimum absolute atomic E-state index is 0.0955. The smallest absolute Gasteiger partial charge is 0.341 e. The van der Waals surface area contributed by atoms with E-state index in [-0.39, 0.29) is 17.3 Å². The van der Waals surface area contributed by atoms with Crippen molar-refractivity contribution in [1.29, 1.82) is 0 Å². The van der Waals surface area contributed by atoms with Crippen LogP contribution in [-0.4, -0.2) is 28.2 Å². The second-order valence-corrected chi connectivity index (χ2v) is 3.41. The van der Waals surface area contributed by atoms with Gasteiger partial charge < -0.3 is 20.6 Å². The summed E-state index contributed by atoms with van der Waals surface area (Å²) in [5.74, 6) is -0.447. The van der Waals surface area contributed by atoms with Crippen LogP contribution < -0.4 is 5.73 Å². The molecule has 0 bridgehead atoms. The van der Waals surface area contributed by atoms with Gasteiger partial charge in [-0.05, 0) is 18.2 Å². The highest BCUT2D eigenvalue weighted by Gasteiger charge is 2.13. The second kappa shape index (κ2) is 4.17. The van der Waals surface area contributed by atoms with Crippen molar-refractivity contribution in [3.05, 3.63) is 30.0 Å². The number of nitrogen functional groups attached to an aromatic ring is 1. The molecule has 88 valence electrons. The number of nitrogens with one attached hydrogen (secondary N) is 1. The lowest BCUT2D eigenvalue weighted by molar-refractivity contribution is 0.0597. The van der Waals surface area contributed by atoms with Crippen LogP contribution in [0.2, 0.25) is 0 Å². The van der Waals surface area contributed by atoms with Crippen LogP contribution in [0.15, 0.2) is 24.4 Å². The zero-order valence-electron chi connectivity index (χ0n) is 9.10. The number of esters is 1. The molecule has 1 aromatic heterocycles. The van der Waals surface area contributed by atoms with Crippen molar-refractivity contribution in [2.24, 2.45) is 0 Å². The molecular formula is C11H11N3O3. The molecule has 1 heterocycles. The third kappa shape index (κ3) is 2.05.